The molecule has 2 aromatic heterocycles. The average Bonchev–Trinajstić information content (AvgIpc) is 2.86. The smallest absolute Gasteiger partial charge is 0.200 e. The van der Waals surface area contributed by atoms with Crippen molar-refractivity contribution < 1.29 is 14.6 Å². The fraction of sp³-hybridized carbons (Fsp3) is 0.267. The first kappa shape index (κ1) is 12.9. The van der Waals surface area contributed by atoms with Gasteiger partial charge in [0.2, 0.25) is 6.29 Å². The van der Waals surface area contributed by atoms with Gasteiger partial charge in [0, 0.05) is 17.5 Å². The third-order valence-electron chi connectivity index (χ3n) is 3.31. The Labute approximate surface area is 116 Å². The van der Waals surface area contributed by atoms with Crippen molar-refractivity contribution in [1.29, 1.82) is 0 Å². The summed E-state index contributed by atoms with van der Waals surface area (Å²) in [5.41, 5.74) is 2.18. The van der Waals surface area contributed by atoms with E-state index in [1.54, 1.807) is 13.3 Å². The lowest BCUT2D eigenvalue weighted by atomic mass is 10.1. The predicted octanol–water partition coefficient (Wildman–Crippen LogP) is 2.75. The topological polar surface area (TPSA) is 67.4 Å². The molecule has 3 aromatic rings. The fourth-order valence-electron chi connectivity index (χ4n) is 2.43. The molecular formula is C15H16N2O3. The number of hydrogen-bond donors (Lipinski definition) is 2. The number of methoxy groups -OCH3 is 1. The van der Waals surface area contributed by atoms with E-state index in [0.717, 1.165) is 21.8 Å². The summed E-state index contributed by atoms with van der Waals surface area (Å²) < 4.78 is 10.6. The number of ether oxygens (including phenoxy) is 2. The van der Waals surface area contributed by atoms with Crippen LogP contribution in [0.25, 0.3) is 21.8 Å². The normalized spacial score (nSPS) is 12.9. The first-order valence-corrected chi connectivity index (χ1v) is 6.49. The van der Waals surface area contributed by atoms with E-state index in [2.05, 4.69) is 9.97 Å². The van der Waals surface area contributed by atoms with Crippen LogP contribution in [0, 0.1) is 0 Å². The van der Waals surface area contributed by atoms with Gasteiger partial charge in [0.1, 0.15) is 11.4 Å². The van der Waals surface area contributed by atoms with Gasteiger partial charge in [-0.1, -0.05) is 18.2 Å². The maximum Gasteiger partial charge on any atom is 0.200 e. The molecule has 0 saturated carbocycles. The summed E-state index contributed by atoms with van der Waals surface area (Å²) in [6.07, 6.45) is 0.557. The third kappa shape index (κ3) is 1.92. The number of benzene rings is 1. The van der Waals surface area contributed by atoms with Gasteiger partial charge in [-0.3, -0.25) is 0 Å². The highest BCUT2D eigenvalue weighted by Crippen LogP contribution is 2.35. The number of nitrogens with one attached hydrogen (secondary N) is 1. The van der Waals surface area contributed by atoms with Gasteiger partial charge in [0.05, 0.1) is 24.2 Å². The van der Waals surface area contributed by atoms with Crippen molar-refractivity contribution in [2.75, 3.05) is 13.7 Å². The Morgan fingerprint density at radius 3 is 2.90 bits per heavy atom. The van der Waals surface area contributed by atoms with Crippen molar-refractivity contribution >= 4 is 21.8 Å². The molecule has 20 heavy (non-hydrogen) atoms. The molecule has 5 nitrogen and oxygen atoms in total. The first-order valence-electron chi connectivity index (χ1n) is 6.49. The highest BCUT2D eigenvalue weighted by atomic mass is 16.6. The monoisotopic (exact) mass is 272 g/mol. The van der Waals surface area contributed by atoms with Gasteiger partial charge in [0.25, 0.3) is 0 Å². The van der Waals surface area contributed by atoms with Crippen molar-refractivity contribution in [2.45, 2.75) is 13.2 Å². The lowest BCUT2D eigenvalue weighted by Crippen LogP contribution is -2.06. The summed E-state index contributed by atoms with van der Waals surface area (Å²) in [5.74, 6) is 0.671. The molecule has 0 aliphatic rings. The van der Waals surface area contributed by atoms with Gasteiger partial charge < -0.3 is 19.6 Å². The number of aliphatic hydroxyl groups excluding tert-OH is 1. The minimum absolute atomic E-state index is 0.413. The molecule has 2 N–H and O–H groups in total. The Hall–Kier alpha value is -2.11. The van der Waals surface area contributed by atoms with E-state index in [-0.39, 0.29) is 0 Å². The molecule has 0 aliphatic carbocycles. The molecule has 0 spiro atoms. The number of pyridine rings is 1. The lowest BCUT2D eigenvalue weighted by molar-refractivity contribution is -0.0997. The number of fused-ring (bicyclic) bond motifs is 3. The number of aromatic nitrogens is 2. The van der Waals surface area contributed by atoms with Crippen LogP contribution in [-0.2, 0) is 4.74 Å². The Morgan fingerprint density at radius 2 is 2.15 bits per heavy atom. The van der Waals surface area contributed by atoms with Crippen LogP contribution < -0.4 is 4.74 Å². The van der Waals surface area contributed by atoms with Crippen molar-refractivity contribution in [2.24, 2.45) is 0 Å². The van der Waals surface area contributed by atoms with Crippen LogP contribution in [0.15, 0.2) is 30.5 Å². The molecule has 0 radical (unpaired) electrons. The Kier molecular flexibility index (Phi) is 3.30. The second-order valence-corrected chi connectivity index (χ2v) is 4.44. The number of H-pyrrole nitrogens is 1. The van der Waals surface area contributed by atoms with E-state index in [0.29, 0.717) is 18.1 Å². The van der Waals surface area contributed by atoms with E-state index in [1.165, 1.54) is 0 Å². The van der Waals surface area contributed by atoms with Crippen LogP contribution in [0.5, 0.6) is 5.75 Å². The van der Waals surface area contributed by atoms with E-state index in [9.17, 15) is 5.11 Å². The molecule has 0 saturated heterocycles. The summed E-state index contributed by atoms with van der Waals surface area (Å²) >= 11 is 0. The Balaban J connectivity index is 2.34. The quantitative estimate of drug-likeness (QED) is 0.717. The first-order chi connectivity index (χ1) is 9.76. The Bertz CT molecular complexity index is 751. The van der Waals surface area contributed by atoms with Crippen LogP contribution in [0.2, 0.25) is 0 Å². The van der Waals surface area contributed by atoms with Gasteiger partial charge in [-0.05, 0) is 13.0 Å². The molecule has 1 atom stereocenters. The maximum absolute atomic E-state index is 10.1. The SMILES string of the molecule is CCOC(O)c1ncc(OC)c2c1[nH]c1ccccc12. The molecule has 0 aliphatic heterocycles. The number of nitrogens with zero attached hydrogens (tertiary/aromatic N) is 1. The number of hydrogen-bond acceptors (Lipinski definition) is 4. The molecule has 3 rings (SSSR count). The third-order valence-corrected chi connectivity index (χ3v) is 3.31. The van der Waals surface area contributed by atoms with Crippen LogP contribution in [0.1, 0.15) is 18.9 Å². The predicted molar refractivity (Wildman–Crippen MR) is 76.7 cm³/mol. The zero-order chi connectivity index (χ0) is 14.1. The van der Waals surface area contributed by atoms with Crippen molar-refractivity contribution in [3.05, 3.63) is 36.2 Å². The van der Waals surface area contributed by atoms with E-state index in [1.807, 2.05) is 31.2 Å². The molecular weight excluding hydrogens is 256 g/mol. The summed E-state index contributed by atoms with van der Waals surface area (Å²) in [7, 11) is 1.61. The second-order valence-electron chi connectivity index (χ2n) is 4.44. The molecule has 0 bridgehead atoms. The van der Waals surface area contributed by atoms with Gasteiger partial charge >= 0.3 is 0 Å². The zero-order valence-corrected chi connectivity index (χ0v) is 11.4. The zero-order valence-electron chi connectivity index (χ0n) is 11.4. The highest BCUT2D eigenvalue weighted by molar-refractivity contribution is 6.10. The number of aliphatic hydroxyl groups is 1. The number of para-hydroxylation sites is 1. The molecule has 0 fully saturated rings. The van der Waals surface area contributed by atoms with Crippen molar-refractivity contribution in [3.63, 3.8) is 0 Å². The minimum Gasteiger partial charge on any atom is -0.494 e. The van der Waals surface area contributed by atoms with Gasteiger partial charge in [0.15, 0.2) is 0 Å². The summed E-state index contributed by atoms with van der Waals surface area (Å²) in [4.78, 5) is 7.54. The molecule has 0 amide bonds. The van der Waals surface area contributed by atoms with Crippen LogP contribution in [0.4, 0.5) is 0 Å². The van der Waals surface area contributed by atoms with Gasteiger partial charge in [-0.25, -0.2) is 4.98 Å². The van der Waals surface area contributed by atoms with Crippen LogP contribution in [0.3, 0.4) is 0 Å². The largest absolute Gasteiger partial charge is 0.494 e. The van der Waals surface area contributed by atoms with Crippen molar-refractivity contribution in [1.82, 2.24) is 9.97 Å². The van der Waals surface area contributed by atoms with Gasteiger partial charge in [-0.15, -0.1) is 0 Å². The summed E-state index contributed by atoms with van der Waals surface area (Å²) in [6, 6.07) is 7.91. The van der Waals surface area contributed by atoms with Gasteiger partial charge in [-0.2, -0.15) is 0 Å². The Morgan fingerprint density at radius 1 is 1.35 bits per heavy atom. The second kappa shape index (κ2) is 5.11. The lowest BCUT2D eigenvalue weighted by Gasteiger charge is -2.12. The standard InChI is InChI=1S/C15H16N2O3/c1-3-20-15(18)14-13-12(11(19-2)8-16-14)9-6-4-5-7-10(9)17-13/h4-8,15,17-18H,3H2,1-2H3. The molecule has 104 valence electrons. The molecule has 1 aromatic carbocycles. The van der Waals surface area contributed by atoms with Crippen LogP contribution in [-0.4, -0.2) is 28.8 Å². The minimum atomic E-state index is -1.05. The maximum atomic E-state index is 10.1. The van der Waals surface area contributed by atoms with E-state index >= 15 is 0 Å². The van der Waals surface area contributed by atoms with Crippen LogP contribution >= 0.6 is 0 Å². The van der Waals surface area contributed by atoms with Crippen molar-refractivity contribution in [3.8, 4) is 5.75 Å². The number of aromatic amines is 1. The summed E-state index contributed by atoms with van der Waals surface area (Å²) in [5, 5.41) is 12.0. The van der Waals surface area contributed by atoms with E-state index < -0.39 is 6.29 Å². The molecule has 5 heteroatoms. The summed E-state index contributed by atoms with van der Waals surface area (Å²) in [6.45, 7) is 2.24. The molecule has 1 unspecified atom stereocenters. The average molecular weight is 272 g/mol. The fourth-order valence-corrected chi connectivity index (χ4v) is 2.43. The molecule has 2 heterocycles. The van der Waals surface area contributed by atoms with E-state index in [4.69, 9.17) is 9.47 Å². The number of rotatable bonds is 4. The highest BCUT2D eigenvalue weighted by Gasteiger charge is 2.19.